The van der Waals surface area contributed by atoms with Crippen LogP contribution in [0, 0.1) is 0 Å². The molecule has 1 fully saturated rings. The van der Waals surface area contributed by atoms with E-state index in [4.69, 9.17) is 21.1 Å². The summed E-state index contributed by atoms with van der Waals surface area (Å²) < 4.78 is 39.3. The lowest BCUT2D eigenvalue weighted by atomic mass is 9.81. The zero-order valence-electron chi connectivity index (χ0n) is 18.0. The number of nitrogens with zero attached hydrogens (tertiary/aromatic N) is 1. The van der Waals surface area contributed by atoms with Gasteiger partial charge in [-0.2, -0.15) is 4.31 Å². The molecule has 1 spiro atoms. The second-order valence-corrected chi connectivity index (χ2v) is 11.3. The van der Waals surface area contributed by atoms with Crippen LogP contribution in [-0.4, -0.2) is 44.3 Å². The fourth-order valence-electron chi connectivity index (χ4n) is 5.09. The lowest BCUT2D eigenvalue weighted by molar-refractivity contribution is 0.00581. The number of benzene rings is 2. The highest BCUT2D eigenvalue weighted by Gasteiger charge is 2.45. The van der Waals surface area contributed by atoms with Gasteiger partial charge in [0.2, 0.25) is 10.0 Å². The summed E-state index contributed by atoms with van der Waals surface area (Å²) in [5.41, 5.74) is 2.58. The van der Waals surface area contributed by atoms with Crippen molar-refractivity contribution in [2.75, 3.05) is 20.2 Å². The number of sulfonamides is 1. The van der Waals surface area contributed by atoms with E-state index >= 15 is 0 Å². The summed E-state index contributed by atoms with van der Waals surface area (Å²) in [6, 6.07) is 8.54. The number of hydrogen-bond acceptors (Lipinski definition) is 5. The summed E-state index contributed by atoms with van der Waals surface area (Å²) in [6.07, 6.45) is 5.59. The molecular weight excluding hydrogens is 450 g/mol. The minimum absolute atomic E-state index is 0.0952. The molecule has 1 saturated heterocycles. The van der Waals surface area contributed by atoms with Crippen LogP contribution in [0.4, 0.5) is 0 Å². The van der Waals surface area contributed by atoms with Crippen molar-refractivity contribution in [1.82, 2.24) is 4.31 Å². The van der Waals surface area contributed by atoms with E-state index in [2.05, 4.69) is 0 Å². The summed E-state index contributed by atoms with van der Waals surface area (Å²) in [5, 5.41) is 0.253. The van der Waals surface area contributed by atoms with E-state index in [0.717, 1.165) is 25.7 Å². The van der Waals surface area contributed by atoms with Crippen LogP contribution < -0.4 is 9.47 Å². The van der Waals surface area contributed by atoms with E-state index in [1.807, 2.05) is 12.1 Å². The topological polar surface area (TPSA) is 72.9 Å². The molecule has 0 aromatic heterocycles. The Morgan fingerprint density at radius 3 is 2.41 bits per heavy atom. The predicted octanol–water partition coefficient (Wildman–Crippen LogP) is 4.42. The minimum Gasteiger partial charge on any atom is -0.495 e. The molecule has 2 heterocycles. The van der Waals surface area contributed by atoms with Gasteiger partial charge in [0.1, 0.15) is 17.1 Å². The van der Waals surface area contributed by atoms with Gasteiger partial charge in [0, 0.05) is 25.9 Å². The van der Waals surface area contributed by atoms with Gasteiger partial charge in [-0.15, -0.1) is 0 Å². The van der Waals surface area contributed by atoms with Crippen LogP contribution in [0.25, 0.3) is 0 Å². The number of hydrogen-bond donors (Lipinski definition) is 0. The van der Waals surface area contributed by atoms with Gasteiger partial charge in [0.15, 0.2) is 5.78 Å². The second-order valence-electron chi connectivity index (χ2n) is 8.91. The van der Waals surface area contributed by atoms with E-state index < -0.39 is 15.6 Å². The first-order valence-corrected chi connectivity index (χ1v) is 12.8. The van der Waals surface area contributed by atoms with Crippen molar-refractivity contribution in [3.8, 4) is 11.5 Å². The number of ketones is 1. The molecular formula is C24H26ClNO5S. The van der Waals surface area contributed by atoms with Crippen LogP contribution in [0.15, 0.2) is 35.2 Å². The maximum absolute atomic E-state index is 13.2. The zero-order valence-corrected chi connectivity index (χ0v) is 19.6. The molecule has 0 bridgehead atoms. The zero-order chi connectivity index (χ0) is 22.5. The lowest BCUT2D eigenvalue weighted by Gasteiger charge is -2.43. The first kappa shape index (κ1) is 21.7. The molecule has 3 aliphatic rings. The van der Waals surface area contributed by atoms with Crippen LogP contribution >= 0.6 is 11.6 Å². The highest BCUT2D eigenvalue weighted by Crippen LogP contribution is 2.42. The summed E-state index contributed by atoms with van der Waals surface area (Å²) in [5.74, 6) is 1.19. The molecule has 5 rings (SSSR count). The number of carbonyl (C=O) groups is 1. The predicted molar refractivity (Wildman–Crippen MR) is 121 cm³/mol. The molecule has 8 heteroatoms. The SMILES string of the molecule is COc1ccc(S(=O)(=O)N2CCC3(CC2)CC(=O)c2cc4c(cc2O3)CCCC4)cc1Cl. The van der Waals surface area contributed by atoms with Crippen molar-refractivity contribution in [1.29, 1.82) is 0 Å². The summed E-state index contributed by atoms with van der Waals surface area (Å²) in [4.78, 5) is 13.1. The van der Waals surface area contributed by atoms with Crippen LogP contribution in [0.2, 0.25) is 5.02 Å². The number of halogens is 1. The van der Waals surface area contributed by atoms with E-state index in [9.17, 15) is 13.2 Å². The number of piperidine rings is 1. The molecule has 0 saturated carbocycles. The molecule has 2 aromatic carbocycles. The average molecular weight is 476 g/mol. The standard InChI is InChI=1S/C24H26ClNO5S/c1-30-22-7-6-18(14-20(22)25)32(28,29)26-10-8-24(9-11-26)15-21(27)19-12-16-4-2-3-5-17(16)13-23(19)31-24/h6-7,12-14H,2-5,8-11,15H2,1H3. The molecule has 0 N–H and O–H groups in total. The van der Waals surface area contributed by atoms with Gasteiger partial charge in [-0.1, -0.05) is 11.6 Å². The van der Waals surface area contributed by atoms with E-state index in [1.54, 1.807) is 6.07 Å². The number of aryl methyl sites for hydroxylation is 2. The molecule has 1 aliphatic carbocycles. The van der Waals surface area contributed by atoms with Crippen LogP contribution in [0.1, 0.15) is 53.6 Å². The number of methoxy groups -OCH3 is 1. The molecule has 6 nitrogen and oxygen atoms in total. The fourth-order valence-corrected chi connectivity index (χ4v) is 6.88. The third-order valence-electron chi connectivity index (χ3n) is 6.95. The smallest absolute Gasteiger partial charge is 0.243 e. The van der Waals surface area contributed by atoms with E-state index in [0.29, 0.717) is 49.4 Å². The Kier molecular flexibility index (Phi) is 5.47. The van der Waals surface area contributed by atoms with E-state index in [1.165, 1.54) is 34.7 Å². The number of ether oxygens (including phenoxy) is 2. The summed E-state index contributed by atoms with van der Waals surface area (Å²) >= 11 is 6.14. The number of Topliss-reactive ketones (excluding diaryl/α,β-unsaturated/α-hetero) is 1. The second kappa shape index (κ2) is 8.04. The minimum atomic E-state index is -3.70. The number of fused-ring (bicyclic) bond motifs is 2. The van der Waals surface area contributed by atoms with Gasteiger partial charge < -0.3 is 9.47 Å². The van der Waals surface area contributed by atoms with E-state index in [-0.39, 0.29) is 15.7 Å². The van der Waals surface area contributed by atoms with Crippen molar-refractivity contribution >= 4 is 27.4 Å². The number of carbonyl (C=O) groups excluding carboxylic acids is 1. The molecule has 0 radical (unpaired) electrons. The first-order valence-electron chi connectivity index (χ1n) is 11.0. The lowest BCUT2D eigenvalue weighted by Crippen LogP contribution is -2.52. The van der Waals surface area contributed by atoms with Crippen molar-refractivity contribution in [3.63, 3.8) is 0 Å². The highest BCUT2D eigenvalue weighted by molar-refractivity contribution is 7.89. The molecule has 0 unspecified atom stereocenters. The third kappa shape index (κ3) is 3.70. The van der Waals surface area contributed by atoms with Gasteiger partial charge in [-0.3, -0.25) is 4.79 Å². The normalized spacial score (nSPS) is 20.4. The monoisotopic (exact) mass is 475 g/mol. The average Bonchev–Trinajstić information content (AvgIpc) is 2.78. The van der Waals surface area contributed by atoms with Crippen LogP contribution in [0.3, 0.4) is 0 Å². The molecule has 0 amide bonds. The third-order valence-corrected chi connectivity index (χ3v) is 9.14. The van der Waals surface area contributed by atoms with Crippen LogP contribution in [-0.2, 0) is 22.9 Å². The molecule has 2 aromatic rings. The van der Waals surface area contributed by atoms with Crippen molar-refractivity contribution < 1.29 is 22.7 Å². The molecule has 0 atom stereocenters. The Morgan fingerprint density at radius 1 is 1.06 bits per heavy atom. The van der Waals surface area contributed by atoms with Crippen LogP contribution in [0.5, 0.6) is 11.5 Å². The molecule has 32 heavy (non-hydrogen) atoms. The first-order chi connectivity index (χ1) is 15.3. The van der Waals surface area contributed by atoms with Gasteiger partial charge >= 0.3 is 0 Å². The summed E-state index contributed by atoms with van der Waals surface area (Å²) in [6.45, 7) is 0.582. The van der Waals surface area contributed by atoms with Gasteiger partial charge in [-0.05, 0) is 67.1 Å². The van der Waals surface area contributed by atoms with Crippen molar-refractivity contribution in [2.24, 2.45) is 0 Å². The van der Waals surface area contributed by atoms with Crippen molar-refractivity contribution in [3.05, 3.63) is 52.0 Å². The Morgan fingerprint density at radius 2 is 1.75 bits per heavy atom. The fraction of sp³-hybridized carbons (Fsp3) is 0.458. The maximum atomic E-state index is 13.2. The van der Waals surface area contributed by atoms with Crippen molar-refractivity contribution in [2.45, 2.75) is 55.4 Å². The van der Waals surface area contributed by atoms with Gasteiger partial charge in [-0.25, -0.2) is 8.42 Å². The Hall–Kier alpha value is -2.09. The van der Waals surface area contributed by atoms with Gasteiger partial charge in [0.25, 0.3) is 0 Å². The Labute approximate surface area is 193 Å². The Bertz CT molecular complexity index is 1190. The Balaban J connectivity index is 1.35. The molecule has 170 valence electrons. The largest absolute Gasteiger partial charge is 0.495 e. The summed E-state index contributed by atoms with van der Waals surface area (Å²) in [7, 11) is -2.21. The quantitative estimate of drug-likeness (QED) is 0.657. The number of rotatable bonds is 3. The maximum Gasteiger partial charge on any atom is 0.243 e. The van der Waals surface area contributed by atoms with Gasteiger partial charge in [0.05, 0.1) is 29.0 Å². The molecule has 2 aliphatic heterocycles. The highest BCUT2D eigenvalue weighted by atomic mass is 35.5.